The Bertz CT molecular complexity index is 425. The van der Waals surface area contributed by atoms with Gasteiger partial charge in [-0.05, 0) is 11.5 Å². The van der Waals surface area contributed by atoms with E-state index >= 15 is 0 Å². The van der Waals surface area contributed by atoms with E-state index in [0.717, 1.165) is 5.56 Å². The van der Waals surface area contributed by atoms with Crippen LogP contribution in [0.2, 0.25) is 0 Å². The normalized spacial score (nSPS) is 12.3. The molecule has 0 heterocycles. The average molecular weight is 254 g/mol. The fraction of sp³-hybridized carbons (Fsp3) is 0.357. The van der Waals surface area contributed by atoms with Crippen LogP contribution in [0.3, 0.4) is 0 Å². The minimum Gasteiger partial charge on any atom is -0.455 e. The Hall–Kier alpha value is -1.71. The lowest BCUT2D eigenvalue weighted by Gasteiger charge is -2.05. The molecule has 0 spiro atoms. The molecule has 0 amide bonds. The van der Waals surface area contributed by atoms with Crippen LogP contribution in [0.15, 0.2) is 42.0 Å². The van der Waals surface area contributed by atoms with Gasteiger partial charge in [0.05, 0.1) is 0 Å². The molecule has 0 atom stereocenters. The van der Waals surface area contributed by atoms with E-state index in [4.69, 9.17) is 0 Å². The second-order valence-electron chi connectivity index (χ2n) is 4.38. The van der Waals surface area contributed by atoms with Crippen LogP contribution in [0.1, 0.15) is 25.8 Å². The van der Waals surface area contributed by atoms with Crippen molar-refractivity contribution in [1.29, 1.82) is 0 Å². The van der Waals surface area contributed by atoms with Crippen LogP contribution in [0.5, 0.6) is 0 Å². The van der Waals surface area contributed by atoms with Crippen LogP contribution in [0, 0.1) is 5.92 Å². The summed E-state index contributed by atoms with van der Waals surface area (Å²) < 4.78 is 31.2. The van der Waals surface area contributed by atoms with E-state index in [0.29, 0.717) is 0 Å². The molecule has 0 aliphatic rings. The van der Waals surface area contributed by atoms with Gasteiger partial charge in [-0.25, -0.2) is 9.18 Å². The molecule has 0 unspecified atom stereocenters. The van der Waals surface area contributed by atoms with Gasteiger partial charge in [0.1, 0.15) is 12.4 Å². The number of ether oxygens (including phenoxy) is 1. The molecule has 0 aromatic heterocycles. The number of rotatable bonds is 5. The highest BCUT2D eigenvalue weighted by molar-refractivity contribution is 5.86. The summed E-state index contributed by atoms with van der Waals surface area (Å²) in [7, 11) is 0. The van der Waals surface area contributed by atoms with Crippen LogP contribution < -0.4 is 0 Å². The molecule has 1 aromatic rings. The smallest absolute Gasteiger partial charge is 0.370 e. The fourth-order valence-electron chi connectivity index (χ4n) is 1.35. The maximum Gasteiger partial charge on any atom is 0.370 e. The molecule has 0 saturated heterocycles. The minimum absolute atomic E-state index is 0.0577. The molecule has 0 aliphatic carbocycles. The third kappa shape index (κ3) is 4.65. The summed E-state index contributed by atoms with van der Waals surface area (Å²) in [5, 5.41) is 0. The lowest BCUT2D eigenvalue weighted by Crippen LogP contribution is -2.07. The van der Waals surface area contributed by atoms with E-state index in [-0.39, 0.29) is 18.9 Å². The van der Waals surface area contributed by atoms with Gasteiger partial charge >= 0.3 is 5.97 Å². The second kappa shape index (κ2) is 6.89. The Morgan fingerprint density at radius 1 is 1.22 bits per heavy atom. The van der Waals surface area contributed by atoms with E-state index in [1.807, 2.05) is 6.07 Å². The predicted octanol–water partition coefficient (Wildman–Crippen LogP) is 3.93. The topological polar surface area (TPSA) is 26.3 Å². The van der Waals surface area contributed by atoms with Gasteiger partial charge in [0.15, 0.2) is 0 Å². The van der Waals surface area contributed by atoms with Crippen molar-refractivity contribution >= 4 is 5.97 Å². The number of hydrogen-bond donors (Lipinski definition) is 0. The maximum atomic E-state index is 13.3. The van der Waals surface area contributed by atoms with Crippen LogP contribution in [-0.4, -0.2) is 5.97 Å². The first-order valence-corrected chi connectivity index (χ1v) is 5.76. The van der Waals surface area contributed by atoms with E-state index in [2.05, 4.69) is 4.74 Å². The molecule has 1 aromatic carbocycles. The van der Waals surface area contributed by atoms with E-state index in [9.17, 15) is 13.6 Å². The quantitative estimate of drug-likeness (QED) is 0.588. The van der Waals surface area contributed by atoms with Gasteiger partial charge in [0, 0.05) is 6.42 Å². The largest absolute Gasteiger partial charge is 0.455 e. The Morgan fingerprint density at radius 3 is 2.39 bits per heavy atom. The summed E-state index contributed by atoms with van der Waals surface area (Å²) in [5.41, 5.74) is 0.725. The van der Waals surface area contributed by atoms with Crippen molar-refractivity contribution in [2.75, 3.05) is 0 Å². The van der Waals surface area contributed by atoms with Gasteiger partial charge in [-0.15, -0.1) is 0 Å². The van der Waals surface area contributed by atoms with Crippen molar-refractivity contribution in [3.8, 4) is 0 Å². The molecule has 0 bridgehead atoms. The van der Waals surface area contributed by atoms with Gasteiger partial charge in [0.2, 0.25) is 5.83 Å². The van der Waals surface area contributed by atoms with Crippen molar-refractivity contribution in [2.45, 2.75) is 26.9 Å². The lowest BCUT2D eigenvalue weighted by atomic mass is 10.1. The second-order valence-corrected chi connectivity index (χ2v) is 4.38. The van der Waals surface area contributed by atoms with E-state index in [1.165, 1.54) is 0 Å². The molecule has 2 nitrogen and oxygen atoms in total. The molecule has 1 rings (SSSR count). The highest BCUT2D eigenvalue weighted by atomic mass is 19.2. The van der Waals surface area contributed by atoms with Crippen molar-refractivity contribution in [3.05, 3.63) is 47.5 Å². The Balaban J connectivity index is 2.55. The first-order chi connectivity index (χ1) is 8.50. The summed E-state index contributed by atoms with van der Waals surface area (Å²) in [5.74, 6) is -3.79. The Morgan fingerprint density at radius 2 is 1.83 bits per heavy atom. The zero-order valence-electron chi connectivity index (χ0n) is 10.5. The summed E-state index contributed by atoms with van der Waals surface area (Å²) in [4.78, 5) is 11.2. The molecule has 98 valence electrons. The van der Waals surface area contributed by atoms with Gasteiger partial charge in [0.25, 0.3) is 0 Å². The maximum absolute atomic E-state index is 13.3. The summed E-state index contributed by atoms with van der Waals surface area (Å²) >= 11 is 0. The van der Waals surface area contributed by atoms with Crippen molar-refractivity contribution in [2.24, 2.45) is 5.92 Å². The number of benzene rings is 1. The molecule has 0 radical (unpaired) electrons. The number of hydrogen-bond acceptors (Lipinski definition) is 2. The number of halogens is 2. The third-order valence-corrected chi connectivity index (χ3v) is 2.22. The van der Waals surface area contributed by atoms with Crippen LogP contribution in [-0.2, 0) is 16.1 Å². The first-order valence-electron chi connectivity index (χ1n) is 5.76. The molecule has 0 fully saturated rings. The Labute approximate surface area is 105 Å². The van der Waals surface area contributed by atoms with E-state index < -0.39 is 17.6 Å². The molecular formula is C14H16F2O2. The molecular weight excluding hydrogens is 238 g/mol. The molecule has 0 aliphatic heterocycles. The average Bonchev–Trinajstić information content (AvgIpc) is 2.35. The van der Waals surface area contributed by atoms with Gasteiger partial charge < -0.3 is 4.74 Å². The van der Waals surface area contributed by atoms with Gasteiger partial charge in [-0.1, -0.05) is 44.2 Å². The zero-order valence-corrected chi connectivity index (χ0v) is 10.5. The number of carbonyl (C=O) groups is 1. The summed E-state index contributed by atoms with van der Waals surface area (Å²) in [6.45, 7) is 3.41. The van der Waals surface area contributed by atoms with E-state index in [1.54, 1.807) is 38.1 Å². The highest BCUT2D eigenvalue weighted by Crippen LogP contribution is 2.18. The predicted molar refractivity (Wildman–Crippen MR) is 64.9 cm³/mol. The van der Waals surface area contributed by atoms with Gasteiger partial charge in [-0.3, -0.25) is 0 Å². The SMILES string of the molecule is CC(C)C/C(F)=C(/F)C(=O)OCc1ccccc1. The molecule has 0 saturated carbocycles. The number of allylic oxidation sites excluding steroid dienone is 1. The monoisotopic (exact) mass is 254 g/mol. The molecule has 18 heavy (non-hydrogen) atoms. The number of esters is 1. The molecule has 4 heteroatoms. The summed E-state index contributed by atoms with van der Waals surface area (Å²) in [6.07, 6.45) is -0.105. The fourth-order valence-corrected chi connectivity index (χ4v) is 1.35. The van der Waals surface area contributed by atoms with Crippen LogP contribution >= 0.6 is 0 Å². The van der Waals surface area contributed by atoms with Crippen molar-refractivity contribution < 1.29 is 18.3 Å². The minimum atomic E-state index is -1.43. The highest BCUT2D eigenvalue weighted by Gasteiger charge is 2.18. The Kier molecular flexibility index (Phi) is 5.49. The van der Waals surface area contributed by atoms with Gasteiger partial charge in [-0.2, -0.15) is 4.39 Å². The molecule has 0 N–H and O–H groups in total. The number of carbonyl (C=O) groups excluding carboxylic acids is 1. The zero-order chi connectivity index (χ0) is 13.5. The van der Waals surface area contributed by atoms with Crippen molar-refractivity contribution in [3.63, 3.8) is 0 Å². The first kappa shape index (κ1) is 14.4. The standard InChI is InChI=1S/C14H16F2O2/c1-10(2)8-12(15)13(16)14(17)18-9-11-6-4-3-5-7-11/h3-7,10H,8-9H2,1-2H3/b13-12-. The summed E-state index contributed by atoms with van der Waals surface area (Å²) in [6, 6.07) is 8.83. The lowest BCUT2D eigenvalue weighted by molar-refractivity contribution is -0.142. The van der Waals surface area contributed by atoms with Crippen molar-refractivity contribution in [1.82, 2.24) is 0 Å². The third-order valence-electron chi connectivity index (χ3n) is 2.22. The van der Waals surface area contributed by atoms with Crippen LogP contribution in [0.4, 0.5) is 8.78 Å². The van der Waals surface area contributed by atoms with Crippen LogP contribution in [0.25, 0.3) is 0 Å².